The van der Waals surface area contributed by atoms with Crippen LogP contribution in [0, 0.1) is 27.7 Å². The molecule has 3 aromatic carbocycles. The summed E-state index contributed by atoms with van der Waals surface area (Å²) in [5.74, 6) is 0. The summed E-state index contributed by atoms with van der Waals surface area (Å²) in [5, 5.41) is 2.72. The largest absolute Gasteiger partial charge is 1.00 e. The summed E-state index contributed by atoms with van der Waals surface area (Å²) < 4.78 is 0. The predicted octanol–water partition coefficient (Wildman–Crippen LogP) is 2.46. The summed E-state index contributed by atoms with van der Waals surface area (Å²) in [4.78, 5) is 0. The molecule has 0 atom stereocenters. The summed E-state index contributed by atoms with van der Waals surface area (Å²) in [5.41, 5.74) is 8.07. The fraction of sp³-hybridized carbons (Fsp3) is 0.211. The zero-order chi connectivity index (χ0) is 13.6. The first-order valence-corrected chi connectivity index (χ1v) is 6.80. The van der Waals surface area contributed by atoms with Crippen LogP contribution in [0.1, 0.15) is 22.3 Å². The van der Waals surface area contributed by atoms with Crippen LogP contribution >= 0.6 is 0 Å². The molecule has 0 aliphatic rings. The van der Waals surface area contributed by atoms with Crippen molar-refractivity contribution in [3.05, 3.63) is 64.7 Å². The van der Waals surface area contributed by atoms with E-state index in [1.165, 1.54) is 44.2 Å². The quantitative estimate of drug-likeness (QED) is 0.462. The van der Waals surface area contributed by atoms with Gasteiger partial charge in [0.05, 0.1) is 0 Å². The minimum absolute atomic E-state index is 0. The predicted molar refractivity (Wildman–Crippen MR) is 83.9 cm³/mol. The van der Waals surface area contributed by atoms with E-state index in [0.717, 1.165) is 0 Å². The van der Waals surface area contributed by atoms with E-state index in [2.05, 4.69) is 70.2 Å². The summed E-state index contributed by atoms with van der Waals surface area (Å²) in [6, 6.07) is 15.8. The van der Waals surface area contributed by atoms with Crippen molar-refractivity contribution >= 4 is 10.8 Å². The van der Waals surface area contributed by atoms with Crippen molar-refractivity contribution in [2.24, 2.45) is 0 Å². The van der Waals surface area contributed by atoms with E-state index in [9.17, 15) is 0 Å². The van der Waals surface area contributed by atoms with Crippen LogP contribution in [0.3, 0.4) is 0 Å². The molecule has 0 heterocycles. The van der Waals surface area contributed by atoms with Crippen LogP contribution in [-0.2, 0) is 0 Å². The van der Waals surface area contributed by atoms with Gasteiger partial charge in [0.25, 0.3) is 0 Å². The van der Waals surface area contributed by atoms with E-state index in [4.69, 9.17) is 0 Å². The van der Waals surface area contributed by atoms with E-state index < -0.39 is 0 Å². The maximum absolute atomic E-state index is 2.30. The number of hydrogen-bond acceptors (Lipinski definition) is 0. The van der Waals surface area contributed by atoms with Crippen molar-refractivity contribution in [1.29, 1.82) is 0 Å². The van der Waals surface area contributed by atoms with E-state index in [1.807, 2.05) is 0 Å². The molecular formula is C19H19Li. The Labute approximate surface area is 133 Å². The number of fused-ring (bicyclic) bond motifs is 1. The summed E-state index contributed by atoms with van der Waals surface area (Å²) >= 11 is 0. The molecule has 0 fully saturated rings. The van der Waals surface area contributed by atoms with Crippen molar-refractivity contribution < 1.29 is 18.9 Å². The Hall–Kier alpha value is -1.35. The molecule has 0 spiro atoms. The molecular weight excluding hydrogens is 235 g/mol. The van der Waals surface area contributed by atoms with Crippen LogP contribution < -0.4 is 18.9 Å². The van der Waals surface area contributed by atoms with E-state index in [-0.39, 0.29) is 18.9 Å². The second-order valence-electron chi connectivity index (χ2n) is 5.67. The minimum Gasteiger partial charge on any atom is -0.165 e. The molecule has 1 heteroatoms. The average Bonchev–Trinajstić information content (AvgIpc) is 2.67. The number of hydrogen-bond donors (Lipinski definition) is 0. The summed E-state index contributed by atoms with van der Waals surface area (Å²) in [6.45, 7) is 8.71. The van der Waals surface area contributed by atoms with Gasteiger partial charge in [-0.05, 0) is 26.3 Å². The van der Waals surface area contributed by atoms with Gasteiger partial charge in [0.15, 0.2) is 0 Å². The third-order valence-corrected chi connectivity index (χ3v) is 3.75. The normalized spacial score (nSPS) is 10.6. The van der Waals surface area contributed by atoms with Gasteiger partial charge < -0.3 is 0 Å². The van der Waals surface area contributed by atoms with Gasteiger partial charge in [-0.3, -0.25) is 0 Å². The Morgan fingerprint density at radius 1 is 0.800 bits per heavy atom. The Bertz CT molecular complexity index is 743. The second-order valence-corrected chi connectivity index (χ2v) is 5.67. The standard InChI is InChI=1S/C19H19.Li/c1-12-7-13(2)10-17(9-12)19-15(4)5-6-16-8-14(3)11-18(16)19;/h5-11H,1-4H3;/q-1;+1. The van der Waals surface area contributed by atoms with E-state index in [0.29, 0.717) is 0 Å². The third kappa shape index (κ3) is 2.59. The van der Waals surface area contributed by atoms with Crippen LogP contribution in [0.2, 0.25) is 0 Å². The van der Waals surface area contributed by atoms with Crippen molar-refractivity contribution in [3.8, 4) is 11.1 Å². The molecule has 0 radical (unpaired) electrons. The van der Waals surface area contributed by atoms with Gasteiger partial charge in [-0.2, -0.15) is 6.07 Å². The maximum atomic E-state index is 2.30. The fourth-order valence-corrected chi connectivity index (χ4v) is 3.04. The van der Waals surface area contributed by atoms with Gasteiger partial charge in [-0.1, -0.05) is 47.4 Å². The molecule has 96 valence electrons. The molecule has 3 rings (SSSR count). The van der Waals surface area contributed by atoms with Crippen LogP contribution in [0.5, 0.6) is 0 Å². The maximum Gasteiger partial charge on any atom is 1.00 e. The summed E-state index contributed by atoms with van der Waals surface area (Å²) in [6.07, 6.45) is 0. The summed E-state index contributed by atoms with van der Waals surface area (Å²) in [7, 11) is 0. The molecule has 0 nitrogen and oxygen atoms in total. The van der Waals surface area contributed by atoms with Gasteiger partial charge in [-0.15, -0.1) is 34.5 Å². The second kappa shape index (κ2) is 5.56. The molecule has 0 aliphatic carbocycles. The van der Waals surface area contributed by atoms with Crippen molar-refractivity contribution in [1.82, 2.24) is 0 Å². The number of benzene rings is 2. The van der Waals surface area contributed by atoms with Gasteiger partial charge in [-0.25, -0.2) is 0 Å². The topological polar surface area (TPSA) is 0 Å². The molecule has 0 saturated heterocycles. The smallest absolute Gasteiger partial charge is 0.165 e. The Morgan fingerprint density at radius 3 is 2.10 bits per heavy atom. The zero-order valence-electron chi connectivity index (χ0n) is 13.0. The average molecular weight is 254 g/mol. The van der Waals surface area contributed by atoms with Crippen molar-refractivity contribution in [3.63, 3.8) is 0 Å². The third-order valence-electron chi connectivity index (χ3n) is 3.75. The minimum atomic E-state index is 0. The molecule has 0 aliphatic heterocycles. The van der Waals surface area contributed by atoms with Gasteiger partial charge in [0.2, 0.25) is 0 Å². The Balaban J connectivity index is 0.00000147. The molecule has 0 saturated carbocycles. The molecule has 0 amide bonds. The monoisotopic (exact) mass is 254 g/mol. The Kier molecular flexibility index (Phi) is 4.19. The molecule has 3 aromatic rings. The van der Waals surface area contributed by atoms with E-state index >= 15 is 0 Å². The SMILES string of the molecule is Cc1cc(C)cc(-c2c(C)ccc3[cH-]c(C)cc23)c1.[Li+]. The van der Waals surface area contributed by atoms with Gasteiger partial charge >= 0.3 is 18.9 Å². The van der Waals surface area contributed by atoms with Crippen LogP contribution in [-0.4, -0.2) is 0 Å². The number of rotatable bonds is 1. The van der Waals surface area contributed by atoms with E-state index in [1.54, 1.807) is 0 Å². The van der Waals surface area contributed by atoms with Gasteiger partial charge in [0.1, 0.15) is 0 Å². The van der Waals surface area contributed by atoms with Crippen molar-refractivity contribution in [2.45, 2.75) is 27.7 Å². The fourth-order valence-electron chi connectivity index (χ4n) is 3.04. The zero-order valence-corrected chi connectivity index (χ0v) is 13.0. The Morgan fingerprint density at radius 2 is 1.45 bits per heavy atom. The molecule has 20 heavy (non-hydrogen) atoms. The molecule has 0 bridgehead atoms. The van der Waals surface area contributed by atoms with Crippen LogP contribution in [0.25, 0.3) is 21.9 Å². The first kappa shape index (κ1) is 15.0. The molecule has 0 unspecified atom stereocenters. The van der Waals surface area contributed by atoms with Crippen molar-refractivity contribution in [2.75, 3.05) is 0 Å². The van der Waals surface area contributed by atoms with Crippen LogP contribution in [0.4, 0.5) is 0 Å². The van der Waals surface area contributed by atoms with Crippen LogP contribution in [0.15, 0.2) is 42.5 Å². The molecule has 0 N–H and O–H groups in total. The molecule has 0 aromatic heterocycles. The van der Waals surface area contributed by atoms with Gasteiger partial charge in [0, 0.05) is 0 Å². The first-order valence-electron chi connectivity index (χ1n) is 6.80. The first-order chi connectivity index (χ1) is 9.04. The number of aryl methyl sites for hydroxylation is 4.